The summed E-state index contributed by atoms with van der Waals surface area (Å²) in [5.74, 6) is -1.08. The summed E-state index contributed by atoms with van der Waals surface area (Å²) >= 11 is 0. The molecule has 0 aliphatic carbocycles. The summed E-state index contributed by atoms with van der Waals surface area (Å²) < 4.78 is 11.2. The van der Waals surface area contributed by atoms with Crippen molar-refractivity contribution in [3.8, 4) is 0 Å². The fourth-order valence-electron chi connectivity index (χ4n) is 0.655. The lowest BCUT2D eigenvalue weighted by molar-refractivity contribution is -0.134. The van der Waals surface area contributed by atoms with Gasteiger partial charge >= 0.3 is 0 Å². The summed E-state index contributed by atoms with van der Waals surface area (Å²) in [6, 6.07) is 0. The van der Waals surface area contributed by atoms with Crippen LogP contribution in [0.4, 0.5) is 0 Å². The molecule has 66 valence electrons. The first-order valence-electron chi connectivity index (χ1n) is 4.15. The largest absolute Gasteiger partial charge is 0.481 e. The third kappa shape index (κ3) is 9.39. The van der Waals surface area contributed by atoms with E-state index in [0.29, 0.717) is 0 Å². The zero-order valence-electron chi connectivity index (χ0n) is 7.75. The topological polar surface area (TPSA) is 49.8 Å². The molecule has 1 fully saturated rings. The Morgan fingerprint density at radius 2 is 2.09 bits per heavy atom. The molecular formula is C7H15NO3. The fraction of sp³-hybridized carbons (Fsp3) is 0.857. The molecule has 0 atom stereocenters. The van der Waals surface area contributed by atoms with Gasteiger partial charge in [0.2, 0.25) is 0 Å². The molecule has 0 saturated carbocycles. The second-order valence-electron chi connectivity index (χ2n) is 2.31. The zero-order chi connectivity index (χ0) is 9.40. The van der Waals surface area contributed by atoms with Gasteiger partial charge in [0.15, 0.2) is 0 Å². The molecule has 0 aromatic heterocycles. The van der Waals surface area contributed by atoms with Gasteiger partial charge in [0, 0.05) is 21.4 Å². The third-order valence-corrected chi connectivity index (χ3v) is 1.23. The number of carboxylic acid groups (broad SMARTS) is 1. The van der Waals surface area contributed by atoms with E-state index in [1.807, 2.05) is 0 Å². The predicted octanol–water partition coefficient (Wildman–Crippen LogP) is 0.0393. The van der Waals surface area contributed by atoms with Gasteiger partial charge in [0.1, 0.15) is 0 Å². The van der Waals surface area contributed by atoms with Gasteiger partial charge in [-0.05, 0) is 7.05 Å². The minimum atomic E-state index is -1.08. The lowest BCUT2D eigenvalue weighted by atomic mass is 10.5. The Kier molecular flexibility index (Phi) is 4.72. The van der Waals surface area contributed by atoms with Crippen LogP contribution >= 0.6 is 0 Å². The number of nitrogens with zero attached hydrogens (tertiary/aromatic N) is 1. The van der Waals surface area contributed by atoms with Crippen LogP contribution in [0, 0.1) is 0 Å². The number of hydrogen-bond donors (Lipinski definition) is 1. The molecule has 0 amide bonds. The number of aliphatic carboxylic acids is 1. The molecule has 1 N–H and O–H groups in total. The highest BCUT2D eigenvalue weighted by atomic mass is 16.5. The maximum Gasteiger partial charge on any atom is 0.300 e. The molecule has 1 aliphatic heterocycles. The monoisotopic (exact) mass is 163 g/mol. The highest BCUT2D eigenvalue weighted by molar-refractivity contribution is 5.62. The number of morpholine rings is 1. The summed E-state index contributed by atoms with van der Waals surface area (Å²) in [5, 5.41) is 7.53. The van der Waals surface area contributed by atoms with Gasteiger partial charge < -0.3 is 14.7 Å². The molecule has 1 saturated heterocycles. The van der Waals surface area contributed by atoms with E-state index in [1.54, 1.807) is 0 Å². The molecule has 0 aromatic carbocycles. The van der Waals surface area contributed by atoms with Crippen LogP contribution < -0.4 is 0 Å². The smallest absolute Gasteiger partial charge is 0.300 e. The highest BCUT2D eigenvalue weighted by Crippen LogP contribution is 1.89. The van der Waals surface area contributed by atoms with Crippen molar-refractivity contribution in [3.05, 3.63) is 0 Å². The Morgan fingerprint density at radius 3 is 2.27 bits per heavy atom. The molecule has 4 heteroatoms. The van der Waals surface area contributed by atoms with Gasteiger partial charge in [-0.3, -0.25) is 4.79 Å². The van der Waals surface area contributed by atoms with E-state index < -0.39 is 12.9 Å². The number of likely N-dealkylation sites (N-methyl/N-ethyl adjacent to an activating group) is 1. The second-order valence-corrected chi connectivity index (χ2v) is 2.31. The standard InChI is InChI=1S/C5H11NO.C2H4O2/c1-6-2-4-7-5-3-6;1-2(3)4/h2-5H2,1H3;1H3,(H,3,4)/i;1T. The second kappa shape index (κ2) is 6.12. The van der Waals surface area contributed by atoms with Crippen molar-refractivity contribution >= 4 is 5.97 Å². The van der Waals surface area contributed by atoms with Crippen LogP contribution in [0.25, 0.3) is 0 Å². The van der Waals surface area contributed by atoms with E-state index in [4.69, 9.17) is 11.2 Å². The van der Waals surface area contributed by atoms with Crippen molar-refractivity contribution in [3.63, 3.8) is 0 Å². The summed E-state index contributed by atoms with van der Waals surface area (Å²) in [6.07, 6.45) is 0. The maximum atomic E-state index is 9.18. The number of hydrogen-bond acceptors (Lipinski definition) is 3. The van der Waals surface area contributed by atoms with Gasteiger partial charge in [-0.2, -0.15) is 0 Å². The van der Waals surface area contributed by atoms with Crippen LogP contribution in [-0.2, 0) is 9.53 Å². The highest BCUT2D eigenvalue weighted by Gasteiger charge is 2.02. The number of carboxylic acids is 1. The normalized spacial score (nSPS) is 19.5. The lowest BCUT2D eigenvalue weighted by Crippen LogP contribution is -2.32. The Morgan fingerprint density at radius 1 is 1.64 bits per heavy atom. The molecule has 1 aliphatic rings. The minimum Gasteiger partial charge on any atom is -0.481 e. The molecule has 4 nitrogen and oxygen atoms in total. The van der Waals surface area contributed by atoms with Gasteiger partial charge in [-0.1, -0.05) is 0 Å². The van der Waals surface area contributed by atoms with E-state index in [9.17, 15) is 4.79 Å². The van der Waals surface area contributed by atoms with E-state index in [1.165, 1.54) is 0 Å². The van der Waals surface area contributed by atoms with Crippen molar-refractivity contribution in [2.75, 3.05) is 33.4 Å². The zero-order valence-corrected chi connectivity index (χ0v) is 6.75. The number of rotatable bonds is 0. The van der Waals surface area contributed by atoms with Crippen LogP contribution in [0.15, 0.2) is 0 Å². The fourth-order valence-corrected chi connectivity index (χ4v) is 0.655. The third-order valence-electron chi connectivity index (χ3n) is 1.23. The molecule has 0 aromatic rings. The Balaban J connectivity index is 0.000000217. The quantitative estimate of drug-likeness (QED) is 0.547. The van der Waals surface area contributed by atoms with Crippen LogP contribution in [-0.4, -0.2) is 49.3 Å². The molecule has 0 spiro atoms. The van der Waals surface area contributed by atoms with E-state index >= 15 is 0 Å². The van der Waals surface area contributed by atoms with Gasteiger partial charge in [0.25, 0.3) is 5.97 Å². The van der Waals surface area contributed by atoms with Crippen molar-refractivity contribution in [1.82, 2.24) is 4.90 Å². The van der Waals surface area contributed by atoms with Gasteiger partial charge in [-0.25, -0.2) is 0 Å². The molecular weight excluding hydrogens is 146 g/mol. The molecule has 0 unspecified atom stereocenters. The molecule has 1 heterocycles. The van der Waals surface area contributed by atoms with Crippen molar-refractivity contribution in [2.45, 2.75) is 6.90 Å². The van der Waals surface area contributed by atoms with E-state index in [2.05, 4.69) is 11.9 Å². The molecule has 11 heavy (non-hydrogen) atoms. The Labute approximate surface area is 68.2 Å². The van der Waals surface area contributed by atoms with E-state index in [-0.39, 0.29) is 0 Å². The van der Waals surface area contributed by atoms with Crippen molar-refractivity contribution < 1.29 is 16.0 Å². The first-order valence-corrected chi connectivity index (χ1v) is 3.44. The summed E-state index contributed by atoms with van der Waals surface area (Å²) in [4.78, 5) is 11.4. The van der Waals surface area contributed by atoms with Gasteiger partial charge in [0.05, 0.1) is 13.2 Å². The molecule has 0 radical (unpaired) electrons. The lowest BCUT2D eigenvalue weighted by Gasteiger charge is -2.21. The van der Waals surface area contributed by atoms with Crippen LogP contribution in [0.2, 0.25) is 0 Å². The first kappa shape index (κ1) is 8.49. The number of carbonyl (C=O) groups is 1. The SMILES string of the molecule is CN1CCOCC1.[3H]CC(=O)O. The average Bonchev–Trinajstić information content (AvgIpc) is 2.07. The predicted molar refractivity (Wildman–Crippen MR) is 41.6 cm³/mol. The minimum absolute atomic E-state index is 0.528. The van der Waals surface area contributed by atoms with Crippen LogP contribution in [0.3, 0.4) is 0 Å². The van der Waals surface area contributed by atoms with Crippen molar-refractivity contribution in [1.29, 1.82) is 0 Å². The Hall–Kier alpha value is -0.610. The van der Waals surface area contributed by atoms with E-state index in [0.717, 1.165) is 26.3 Å². The van der Waals surface area contributed by atoms with Crippen molar-refractivity contribution in [2.24, 2.45) is 0 Å². The van der Waals surface area contributed by atoms with Gasteiger partial charge in [-0.15, -0.1) is 0 Å². The van der Waals surface area contributed by atoms with Crippen LogP contribution in [0.1, 0.15) is 8.27 Å². The average molecular weight is 163 g/mol. The summed E-state index contributed by atoms with van der Waals surface area (Å²) in [5.41, 5.74) is 0. The molecule has 0 bridgehead atoms. The first-order chi connectivity index (χ1) is 5.66. The summed E-state index contributed by atoms with van der Waals surface area (Å²) in [7, 11) is 2.11. The number of ether oxygens (including phenoxy) is 1. The maximum absolute atomic E-state index is 9.18. The van der Waals surface area contributed by atoms with Crippen LogP contribution in [0.5, 0.6) is 0 Å². The Bertz CT molecular complexity index is 126. The molecule has 1 rings (SSSR count). The summed E-state index contributed by atoms with van der Waals surface area (Å²) in [6.45, 7) is 3.49.